The number of hydrogen-bond donors (Lipinski definition) is 2. The fourth-order valence-electron chi connectivity index (χ4n) is 4.97. The average Bonchev–Trinajstić information content (AvgIpc) is 3.37. The van der Waals surface area contributed by atoms with Gasteiger partial charge < -0.3 is 24.6 Å². The molecular formula is C23H26N2O7. The van der Waals surface area contributed by atoms with Gasteiger partial charge in [-0.05, 0) is 11.1 Å². The van der Waals surface area contributed by atoms with Crippen molar-refractivity contribution in [2.24, 2.45) is 0 Å². The van der Waals surface area contributed by atoms with E-state index in [1.165, 1.54) is 23.0 Å². The first kappa shape index (κ1) is 22.0. The lowest BCUT2D eigenvalue weighted by molar-refractivity contribution is -0.155. The summed E-state index contributed by atoms with van der Waals surface area (Å²) in [5.74, 6) is -1.11. The lowest BCUT2D eigenvalue weighted by atomic mass is 9.96. The molecule has 2 heterocycles. The summed E-state index contributed by atoms with van der Waals surface area (Å²) >= 11 is 0. The van der Waals surface area contributed by atoms with E-state index in [9.17, 15) is 24.6 Å². The maximum Gasteiger partial charge on any atom is 0.411 e. The first-order valence-electron chi connectivity index (χ1n) is 10.5. The minimum Gasteiger partial charge on any atom is -0.467 e. The van der Waals surface area contributed by atoms with Gasteiger partial charge in [0.25, 0.3) is 0 Å². The van der Waals surface area contributed by atoms with E-state index in [0.29, 0.717) is 5.57 Å². The summed E-state index contributed by atoms with van der Waals surface area (Å²) in [7, 11) is 1.24. The van der Waals surface area contributed by atoms with E-state index >= 15 is 0 Å². The summed E-state index contributed by atoms with van der Waals surface area (Å²) in [4.78, 5) is 41.9. The zero-order chi connectivity index (χ0) is 23.0. The van der Waals surface area contributed by atoms with Crippen LogP contribution in [0.4, 0.5) is 4.79 Å². The molecule has 2 N–H and O–H groups in total. The fourth-order valence-corrected chi connectivity index (χ4v) is 4.97. The van der Waals surface area contributed by atoms with E-state index in [1.54, 1.807) is 36.5 Å². The summed E-state index contributed by atoms with van der Waals surface area (Å²) in [5, 5.41) is 21.1. The zero-order valence-corrected chi connectivity index (χ0v) is 17.7. The molecule has 170 valence electrons. The van der Waals surface area contributed by atoms with Gasteiger partial charge in [-0.2, -0.15) is 0 Å². The number of fused-ring (bicyclic) bond motifs is 2. The lowest BCUT2D eigenvalue weighted by Crippen LogP contribution is -2.58. The van der Waals surface area contributed by atoms with Crippen LogP contribution in [0.2, 0.25) is 0 Å². The third kappa shape index (κ3) is 3.57. The number of carbonyl (C=O) groups excluding carboxylic acids is 3. The number of amides is 2. The molecule has 0 radical (unpaired) electrons. The van der Waals surface area contributed by atoms with Crippen LogP contribution in [-0.4, -0.2) is 88.1 Å². The van der Waals surface area contributed by atoms with Crippen molar-refractivity contribution in [2.75, 3.05) is 13.7 Å². The Labute approximate surface area is 185 Å². The van der Waals surface area contributed by atoms with Gasteiger partial charge in [-0.1, -0.05) is 49.1 Å². The molecule has 0 saturated carbocycles. The lowest BCUT2D eigenvalue weighted by Gasteiger charge is -2.37. The summed E-state index contributed by atoms with van der Waals surface area (Å²) < 4.78 is 10.1. The van der Waals surface area contributed by atoms with Crippen LogP contribution in [0.15, 0.2) is 60.3 Å². The molecule has 2 amide bonds. The molecule has 0 aromatic heterocycles. The SMILES string of the molecule is C=CCOC(=O)N1[C@H](C(=O)N2[C@H](C(=O)OC)CC3=CC=C[C@H](O)[C@H]32)CC2=CC=C[C@H](O)[C@H]21. The van der Waals surface area contributed by atoms with Crippen molar-refractivity contribution < 1.29 is 34.1 Å². The quantitative estimate of drug-likeness (QED) is 0.484. The number of aliphatic hydroxyl groups excluding tert-OH is 2. The molecule has 6 atom stereocenters. The fraction of sp³-hybridized carbons (Fsp3) is 0.435. The van der Waals surface area contributed by atoms with Crippen LogP contribution in [0.5, 0.6) is 0 Å². The Morgan fingerprint density at radius 1 is 1.03 bits per heavy atom. The number of methoxy groups -OCH3 is 1. The molecule has 0 spiro atoms. The minimum absolute atomic E-state index is 0.0541. The average molecular weight is 442 g/mol. The zero-order valence-electron chi connectivity index (χ0n) is 17.7. The molecular weight excluding hydrogens is 416 g/mol. The van der Waals surface area contributed by atoms with Crippen molar-refractivity contribution in [3.8, 4) is 0 Å². The Balaban J connectivity index is 1.71. The van der Waals surface area contributed by atoms with E-state index in [-0.39, 0.29) is 19.4 Å². The normalized spacial score (nSPS) is 32.6. The van der Waals surface area contributed by atoms with Crippen LogP contribution in [0, 0.1) is 0 Å². The molecule has 2 saturated heterocycles. The van der Waals surface area contributed by atoms with Crippen LogP contribution in [0.1, 0.15) is 12.8 Å². The monoisotopic (exact) mass is 442 g/mol. The van der Waals surface area contributed by atoms with Crippen LogP contribution < -0.4 is 0 Å². The Morgan fingerprint density at radius 2 is 1.59 bits per heavy atom. The smallest absolute Gasteiger partial charge is 0.411 e. The van der Waals surface area contributed by atoms with E-state index < -0.39 is 54.3 Å². The third-order valence-corrected chi connectivity index (χ3v) is 6.32. The highest BCUT2D eigenvalue weighted by Gasteiger charge is 2.54. The van der Waals surface area contributed by atoms with Gasteiger partial charge in [-0.15, -0.1) is 0 Å². The van der Waals surface area contributed by atoms with Gasteiger partial charge in [0, 0.05) is 12.8 Å². The third-order valence-electron chi connectivity index (χ3n) is 6.32. The number of allylic oxidation sites excluding steroid dienone is 4. The van der Waals surface area contributed by atoms with Gasteiger partial charge in [-0.25, -0.2) is 9.59 Å². The molecule has 9 heteroatoms. The van der Waals surface area contributed by atoms with E-state index in [4.69, 9.17) is 9.47 Å². The number of ether oxygens (including phenoxy) is 2. The van der Waals surface area contributed by atoms with Crippen LogP contribution >= 0.6 is 0 Å². The summed E-state index contributed by atoms with van der Waals surface area (Å²) in [6, 6.07) is -3.43. The second-order valence-electron chi connectivity index (χ2n) is 8.11. The molecule has 2 aliphatic heterocycles. The first-order chi connectivity index (χ1) is 15.4. The van der Waals surface area contributed by atoms with Crippen molar-refractivity contribution in [1.29, 1.82) is 0 Å². The Morgan fingerprint density at radius 3 is 2.16 bits per heavy atom. The topological polar surface area (TPSA) is 117 Å². The van der Waals surface area contributed by atoms with Crippen molar-refractivity contribution in [1.82, 2.24) is 9.80 Å². The molecule has 9 nitrogen and oxygen atoms in total. The number of likely N-dealkylation sites (tertiary alicyclic amines) is 2. The van der Waals surface area contributed by atoms with Gasteiger partial charge in [0.05, 0.1) is 31.4 Å². The highest BCUT2D eigenvalue weighted by Crippen LogP contribution is 2.40. The Kier molecular flexibility index (Phi) is 6.03. The highest BCUT2D eigenvalue weighted by molar-refractivity contribution is 5.93. The van der Waals surface area contributed by atoms with Crippen LogP contribution in [0.25, 0.3) is 0 Å². The van der Waals surface area contributed by atoms with Crippen molar-refractivity contribution >= 4 is 18.0 Å². The number of hydrogen-bond acceptors (Lipinski definition) is 7. The first-order valence-corrected chi connectivity index (χ1v) is 10.5. The molecule has 0 aromatic rings. The standard InChI is InChI=1S/C23H26N2O7/c1-3-10-32-23(30)25-15(11-13-6-4-9-18(27)20(13)25)21(28)24-16(22(29)31-2)12-14-7-5-8-17(26)19(14)24/h3-9,15-20,26-27H,1,10-12H2,2H3/t15-,16-,17-,18-,19-,20-/m0/s1. The van der Waals surface area contributed by atoms with E-state index in [1.807, 2.05) is 0 Å². The molecule has 4 rings (SSSR count). The molecule has 2 aliphatic carbocycles. The van der Waals surface area contributed by atoms with E-state index in [0.717, 1.165) is 5.57 Å². The maximum atomic E-state index is 13.9. The second-order valence-corrected chi connectivity index (χ2v) is 8.11. The molecule has 0 unspecified atom stereocenters. The Hall–Kier alpha value is -3.17. The molecule has 32 heavy (non-hydrogen) atoms. The van der Waals surface area contributed by atoms with Gasteiger partial charge >= 0.3 is 12.1 Å². The van der Waals surface area contributed by atoms with Crippen LogP contribution in [0.3, 0.4) is 0 Å². The minimum atomic E-state index is -1.01. The van der Waals surface area contributed by atoms with Crippen molar-refractivity contribution in [2.45, 2.75) is 49.2 Å². The number of rotatable bonds is 4. The molecule has 2 fully saturated rings. The predicted molar refractivity (Wildman–Crippen MR) is 113 cm³/mol. The maximum absolute atomic E-state index is 13.9. The summed E-state index contributed by atoms with van der Waals surface area (Å²) in [6.45, 7) is 3.48. The summed E-state index contributed by atoms with van der Waals surface area (Å²) in [6.07, 6.45) is 9.06. The van der Waals surface area contributed by atoms with Gasteiger partial charge in [0.2, 0.25) is 5.91 Å². The largest absolute Gasteiger partial charge is 0.467 e. The molecule has 0 aromatic carbocycles. The predicted octanol–water partition coefficient (Wildman–Crippen LogP) is 0.609. The van der Waals surface area contributed by atoms with Crippen molar-refractivity contribution in [3.63, 3.8) is 0 Å². The Bertz CT molecular complexity index is 950. The number of aliphatic hydroxyl groups is 2. The summed E-state index contributed by atoms with van der Waals surface area (Å²) in [5.41, 5.74) is 1.45. The number of esters is 1. The van der Waals surface area contributed by atoms with Gasteiger partial charge in [-0.3, -0.25) is 9.69 Å². The van der Waals surface area contributed by atoms with Gasteiger partial charge in [0.1, 0.15) is 18.7 Å². The number of nitrogens with zero attached hydrogens (tertiary/aromatic N) is 2. The van der Waals surface area contributed by atoms with E-state index in [2.05, 4.69) is 6.58 Å². The van der Waals surface area contributed by atoms with Gasteiger partial charge in [0.15, 0.2) is 0 Å². The number of carbonyl (C=O) groups is 3. The van der Waals surface area contributed by atoms with Crippen LogP contribution in [-0.2, 0) is 19.1 Å². The molecule has 0 bridgehead atoms. The second kappa shape index (κ2) is 8.76. The highest BCUT2D eigenvalue weighted by atomic mass is 16.6. The molecule has 4 aliphatic rings. The van der Waals surface area contributed by atoms with Crippen molar-refractivity contribution in [3.05, 3.63) is 60.3 Å².